The Hall–Kier alpha value is -0.610. The number of nitrogens with two attached hydrogens (primary N) is 1. The van der Waals surface area contributed by atoms with Crippen molar-refractivity contribution < 1.29 is 9.53 Å². The molecule has 1 heterocycles. The van der Waals surface area contributed by atoms with Crippen LogP contribution in [-0.2, 0) is 9.53 Å². The molecule has 0 aromatic heterocycles. The molecule has 1 saturated heterocycles. The molecule has 3 N–H and O–H groups in total. The van der Waals surface area contributed by atoms with Crippen molar-refractivity contribution in [3.8, 4) is 0 Å². The van der Waals surface area contributed by atoms with Gasteiger partial charge in [0.15, 0.2) is 0 Å². The van der Waals surface area contributed by atoms with Crippen LogP contribution in [0.15, 0.2) is 0 Å². The van der Waals surface area contributed by atoms with Crippen molar-refractivity contribution in [1.29, 1.82) is 0 Å². The summed E-state index contributed by atoms with van der Waals surface area (Å²) < 4.78 is 5.43. The topological polar surface area (TPSA) is 64.3 Å². The molecule has 1 fully saturated rings. The first-order valence-corrected chi connectivity index (χ1v) is 6.87. The van der Waals surface area contributed by atoms with Gasteiger partial charge in [-0.3, -0.25) is 4.79 Å². The molecule has 0 bridgehead atoms. The van der Waals surface area contributed by atoms with Crippen molar-refractivity contribution in [2.24, 2.45) is 17.6 Å². The molecule has 1 aliphatic heterocycles. The van der Waals surface area contributed by atoms with E-state index in [1.165, 1.54) is 0 Å². The Bertz CT molecular complexity index is 292. The summed E-state index contributed by atoms with van der Waals surface area (Å²) in [6, 6.07) is 0.627. The standard InChI is InChI=1S/C14H28N2O2/c1-9-8-10(2)16-11(12(9)13(15)17)6-7-14(3,4)18-5/h9-12,16H,6-8H2,1-5H3,(H2,15,17). The van der Waals surface area contributed by atoms with Crippen LogP contribution >= 0.6 is 0 Å². The molecule has 1 aliphatic rings. The van der Waals surface area contributed by atoms with Crippen LogP contribution in [0.1, 0.15) is 47.0 Å². The molecule has 0 aromatic carbocycles. The number of methoxy groups -OCH3 is 1. The lowest BCUT2D eigenvalue weighted by Gasteiger charge is -2.40. The maximum absolute atomic E-state index is 11.6. The van der Waals surface area contributed by atoms with E-state index in [0.717, 1.165) is 19.3 Å². The third kappa shape index (κ3) is 3.95. The molecule has 1 amide bonds. The summed E-state index contributed by atoms with van der Waals surface area (Å²) in [4.78, 5) is 11.6. The highest BCUT2D eigenvalue weighted by atomic mass is 16.5. The van der Waals surface area contributed by atoms with Crippen LogP contribution in [0, 0.1) is 11.8 Å². The Morgan fingerprint density at radius 3 is 2.56 bits per heavy atom. The van der Waals surface area contributed by atoms with Gasteiger partial charge in [-0.05, 0) is 46.0 Å². The molecular formula is C14H28N2O2. The molecule has 18 heavy (non-hydrogen) atoms. The minimum atomic E-state index is -0.179. The van der Waals surface area contributed by atoms with Crippen LogP contribution < -0.4 is 11.1 Å². The number of primary amides is 1. The molecule has 1 rings (SSSR count). The number of carbonyl (C=O) groups excluding carboxylic acids is 1. The van der Waals surface area contributed by atoms with E-state index >= 15 is 0 Å². The summed E-state index contributed by atoms with van der Waals surface area (Å²) in [5, 5.41) is 3.52. The van der Waals surface area contributed by atoms with E-state index in [4.69, 9.17) is 10.5 Å². The number of rotatable bonds is 5. The zero-order chi connectivity index (χ0) is 13.9. The van der Waals surface area contributed by atoms with Gasteiger partial charge in [-0.25, -0.2) is 0 Å². The molecule has 4 atom stereocenters. The molecule has 0 radical (unpaired) electrons. The summed E-state index contributed by atoms with van der Waals surface area (Å²) in [6.07, 6.45) is 2.85. The van der Waals surface area contributed by atoms with Gasteiger partial charge in [0.1, 0.15) is 0 Å². The molecule has 106 valence electrons. The second-order valence-electron chi connectivity index (χ2n) is 6.32. The van der Waals surface area contributed by atoms with Gasteiger partial charge < -0.3 is 15.8 Å². The van der Waals surface area contributed by atoms with Crippen molar-refractivity contribution in [3.63, 3.8) is 0 Å². The van der Waals surface area contributed by atoms with Crippen LogP contribution in [0.2, 0.25) is 0 Å². The molecule has 4 unspecified atom stereocenters. The monoisotopic (exact) mass is 256 g/mol. The van der Waals surface area contributed by atoms with E-state index in [2.05, 4.69) is 33.0 Å². The van der Waals surface area contributed by atoms with Crippen LogP contribution in [0.5, 0.6) is 0 Å². The van der Waals surface area contributed by atoms with Crippen molar-refractivity contribution in [2.45, 2.75) is 64.6 Å². The lowest BCUT2D eigenvalue weighted by Crippen LogP contribution is -2.54. The highest BCUT2D eigenvalue weighted by molar-refractivity contribution is 5.77. The number of piperidine rings is 1. The number of carbonyl (C=O) groups is 1. The normalized spacial score (nSPS) is 33.4. The fourth-order valence-electron chi connectivity index (χ4n) is 2.98. The Balaban J connectivity index is 2.67. The third-order valence-corrected chi connectivity index (χ3v) is 4.21. The Morgan fingerprint density at radius 2 is 2.06 bits per heavy atom. The predicted octanol–water partition coefficient (Wildman–Crippen LogP) is 1.68. The SMILES string of the molecule is COC(C)(C)CCC1NC(C)CC(C)C1C(N)=O. The minimum absolute atomic E-state index is 0.0612. The van der Waals surface area contributed by atoms with Crippen LogP contribution in [0.3, 0.4) is 0 Å². The van der Waals surface area contributed by atoms with Gasteiger partial charge in [-0.1, -0.05) is 6.92 Å². The van der Waals surface area contributed by atoms with Gasteiger partial charge >= 0.3 is 0 Å². The molecular weight excluding hydrogens is 228 g/mol. The van der Waals surface area contributed by atoms with Gasteiger partial charge in [-0.2, -0.15) is 0 Å². The van der Waals surface area contributed by atoms with E-state index in [1.807, 2.05) is 0 Å². The third-order valence-electron chi connectivity index (χ3n) is 4.21. The lowest BCUT2D eigenvalue weighted by atomic mass is 9.76. The molecule has 0 aliphatic carbocycles. The first-order chi connectivity index (χ1) is 8.26. The number of hydrogen-bond donors (Lipinski definition) is 2. The van der Waals surface area contributed by atoms with Crippen molar-refractivity contribution >= 4 is 5.91 Å². The quantitative estimate of drug-likeness (QED) is 0.786. The van der Waals surface area contributed by atoms with E-state index in [-0.39, 0.29) is 23.5 Å². The zero-order valence-corrected chi connectivity index (χ0v) is 12.3. The van der Waals surface area contributed by atoms with E-state index in [9.17, 15) is 4.79 Å². The smallest absolute Gasteiger partial charge is 0.222 e. The summed E-state index contributed by atoms with van der Waals surface area (Å²) in [5.74, 6) is 0.116. The molecule has 0 saturated carbocycles. The predicted molar refractivity (Wildman–Crippen MR) is 73.2 cm³/mol. The average Bonchev–Trinajstić information content (AvgIpc) is 2.25. The molecule has 0 spiro atoms. The number of ether oxygens (including phenoxy) is 1. The second kappa shape index (κ2) is 6.02. The number of amides is 1. The minimum Gasteiger partial charge on any atom is -0.379 e. The van der Waals surface area contributed by atoms with E-state index in [1.54, 1.807) is 7.11 Å². The van der Waals surface area contributed by atoms with Gasteiger partial charge in [0, 0.05) is 19.2 Å². The summed E-state index contributed by atoms with van der Waals surface area (Å²) in [7, 11) is 1.73. The van der Waals surface area contributed by atoms with Crippen LogP contribution in [0.4, 0.5) is 0 Å². The van der Waals surface area contributed by atoms with Crippen molar-refractivity contribution in [3.05, 3.63) is 0 Å². The summed E-state index contributed by atoms with van der Waals surface area (Å²) >= 11 is 0. The second-order valence-corrected chi connectivity index (χ2v) is 6.32. The number of nitrogens with one attached hydrogen (secondary N) is 1. The number of hydrogen-bond acceptors (Lipinski definition) is 3. The first kappa shape index (κ1) is 15.4. The Kier molecular flexibility index (Phi) is 5.17. The van der Waals surface area contributed by atoms with Crippen LogP contribution in [-0.4, -0.2) is 30.7 Å². The molecule has 4 heteroatoms. The van der Waals surface area contributed by atoms with Gasteiger partial charge in [0.2, 0.25) is 5.91 Å². The van der Waals surface area contributed by atoms with Gasteiger partial charge in [-0.15, -0.1) is 0 Å². The van der Waals surface area contributed by atoms with Crippen LogP contribution in [0.25, 0.3) is 0 Å². The van der Waals surface area contributed by atoms with E-state index < -0.39 is 0 Å². The fraction of sp³-hybridized carbons (Fsp3) is 0.929. The van der Waals surface area contributed by atoms with Gasteiger partial charge in [0.05, 0.1) is 11.5 Å². The largest absolute Gasteiger partial charge is 0.379 e. The highest BCUT2D eigenvalue weighted by Gasteiger charge is 2.37. The maximum Gasteiger partial charge on any atom is 0.222 e. The highest BCUT2D eigenvalue weighted by Crippen LogP contribution is 2.30. The van der Waals surface area contributed by atoms with Gasteiger partial charge in [0.25, 0.3) is 0 Å². The lowest BCUT2D eigenvalue weighted by molar-refractivity contribution is -0.125. The molecule has 0 aromatic rings. The first-order valence-electron chi connectivity index (χ1n) is 6.87. The summed E-state index contributed by atoms with van der Waals surface area (Å²) in [5.41, 5.74) is 5.41. The Labute approximate surface area is 111 Å². The molecule has 4 nitrogen and oxygen atoms in total. The van der Waals surface area contributed by atoms with E-state index in [0.29, 0.717) is 12.0 Å². The fourth-order valence-corrected chi connectivity index (χ4v) is 2.98. The summed E-state index contributed by atoms with van der Waals surface area (Å²) in [6.45, 7) is 8.44. The zero-order valence-electron chi connectivity index (χ0n) is 12.3. The maximum atomic E-state index is 11.6. The average molecular weight is 256 g/mol. The van der Waals surface area contributed by atoms with Crippen molar-refractivity contribution in [2.75, 3.05) is 7.11 Å². The van der Waals surface area contributed by atoms with Crippen molar-refractivity contribution in [1.82, 2.24) is 5.32 Å². The Morgan fingerprint density at radius 1 is 1.44 bits per heavy atom.